The van der Waals surface area contributed by atoms with Crippen molar-refractivity contribution in [1.29, 1.82) is 0 Å². The number of hydrogen-bond acceptors (Lipinski definition) is 5. The fraction of sp³-hybridized carbons (Fsp3) is 0.0417. The van der Waals surface area contributed by atoms with Crippen molar-refractivity contribution in [3.63, 3.8) is 0 Å². The summed E-state index contributed by atoms with van der Waals surface area (Å²) >= 11 is 0. The second-order valence-electron chi connectivity index (χ2n) is 7.57. The second-order valence-corrected chi connectivity index (χ2v) is 7.57. The normalized spacial score (nSPS) is 11.1. The predicted molar refractivity (Wildman–Crippen MR) is 124 cm³/mol. The minimum atomic E-state index is -1.25. The summed E-state index contributed by atoms with van der Waals surface area (Å²) in [5.41, 5.74) is 8.92. The highest BCUT2D eigenvalue weighted by atomic mass is 19.1. The molecule has 0 bridgehead atoms. The summed E-state index contributed by atoms with van der Waals surface area (Å²) in [5.74, 6) is -0.474. The molecule has 0 saturated carbocycles. The van der Waals surface area contributed by atoms with Crippen LogP contribution >= 0.6 is 0 Å². The van der Waals surface area contributed by atoms with Gasteiger partial charge in [0.1, 0.15) is 23.0 Å². The zero-order valence-corrected chi connectivity index (χ0v) is 17.8. The predicted octanol–water partition coefficient (Wildman–Crippen LogP) is 4.27. The van der Waals surface area contributed by atoms with E-state index in [4.69, 9.17) is 10.8 Å². The van der Waals surface area contributed by atoms with Crippen molar-refractivity contribution in [3.05, 3.63) is 78.1 Å². The lowest BCUT2D eigenvalue weighted by molar-refractivity contribution is 0.100. The number of rotatable bonds is 4. The largest absolute Gasteiger partial charge is 0.465 e. The molecule has 10 heteroatoms. The summed E-state index contributed by atoms with van der Waals surface area (Å²) in [6, 6.07) is 12.9. The van der Waals surface area contributed by atoms with Crippen molar-refractivity contribution < 1.29 is 19.1 Å². The molecule has 34 heavy (non-hydrogen) atoms. The van der Waals surface area contributed by atoms with E-state index >= 15 is 0 Å². The van der Waals surface area contributed by atoms with E-state index in [1.54, 1.807) is 54.1 Å². The van der Waals surface area contributed by atoms with Crippen molar-refractivity contribution in [3.8, 4) is 16.8 Å². The molecule has 0 atom stereocenters. The van der Waals surface area contributed by atoms with E-state index < -0.39 is 17.8 Å². The van der Waals surface area contributed by atoms with E-state index in [-0.39, 0.29) is 11.4 Å². The molecule has 0 fully saturated rings. The lowest BCUT2D eigenvalue weighted by Crippen LogP contribution is -2.12. The number of carbonyl (C=O) groups is 2. The van der Waals surface area contributed by atoms with Crippen LogP contribution in [0.3, 0.4) is 0 Å². The van der Waals surface area contributed by atoms with E-state index in [1.165, 1.54) is 18.3 Å². The number of aryl methyl sites for hydroxylation is 1. The van der Waals surface area contributed by atoms with Crippen LogP contribution in [0.5, 0.6) is 0 Å². The fourth-order valence-electron chi connectivity index (χ4n) is 4.07. The van der Waals surface area contributed by atoms with Gasteiger partial charge in [-0.1, -0.05) is 6.07 Å². The maximum Gasteiger partial charge on any atom is 0.410 e. The smallest absolute Gasteiger partial charge is 0.410 e. The molecule has 3 aromatic heterocycles. The van der Waals surface area contributed by atoms with Gasteiger partial charge in [0.05, 0.1) is 27.7 Å². The molecule has 0 saturated heterocycles. The summed E-state index contributed by atoms with van der Waals surface area (Å²) in [5, 5.41) is 11.5. The fourth-order valence-corrected chi connectivity index (χ4v) is 4.07. The molecule has 168 valence electrons. The maximum absolute atomic E-state index is 14.9. The van der Waals surface area contributed by atoms with Crippen LogP contribution in [0.2, 0.25) is 0 Å². The Morgan fingerprint density at radius 3 is 2.62 bits per heavy atom. The molecule has 0 spiro atoms. The number of imidazole rings is 1. The van der Waals surface area contributed by atoms with Crippen LogP contribution in [0, 0.1) is 12.7 Å². The van der Waals surface area contributed by atoms with Gasteiger partial charge in [0.15, 0.2) is 0 Å². The van der Waals surface area contributed by atoms with Crippen LogP contribution in [0.1, 0.15) is 16.2 Å². The first-order chi connectivity index (χ1) is 16.3. The van der Waals surface area contributed by atoms with Gasteiger partial charge in [-0.25, -0.2) is 19.2 Å². The standard InChI is InChI=1S/C24H17FN6O3/c1-12-29-22-15(23(26)32)9-14(13-5-7-28-20(11-13)30-24(33)34)10-19(22)31(12)18-6-8-27-17-4-2-3-16(25)21(17)18/h2-11H,1H3,(H2,26,32)(H,28,30)(H,33,34). The summed E-state index contributed by atoms with van der Waals surface area (Å²) < 4.78 is 16.6. The first-order valence-electron chi connectivity index (χ1n) is 10.2. The topological polar surface area (TPSA) is 136 Å². The number of nitrogens with two attached hydrogens (primary N) is 1. The van der Waals surface area contributed by atoms with Gasteiger partial charge < -0.3 is 10.8 Å². The number of carboxylic acid groups (broad SMARTS) is 1. The third kappa shape index (κ3) is 3.47. The summed E-state index contributed by atoms with van der Waals surface area (Å²) in [6.45, 7) is 1.75. The van der Waals surface area contributed by atoms with Crippen LogP contribution in [0.15, 0.2) is 60.9 Å². The molecule has 0 aliphatic carbocycles. The van der Waals surface area contributed by atoms with Crippen LogP contribution in [0.4, 0.5) is 15.0 Å². The highest BCUT2D eigenvalue weighted by molar-refractivity contribution is 6.07. The number of benzene rings is 2. The van der Waals surface area contributed by atoms with E-state index in [0.29, 0.717) is 44.6 Å². The Hall–Kier alpha value is -4.86. The Balaban J connectivity index is 1.82. The first kappa shape index (κ1) is 21.0. The molecule has 0 aliphatic rings. The molecule has 9 nitrogen and oxygen atoms in total. The van der Waals surface area contributed by atoms with Gasteiger partial charge in [0.2, 0.25) is 0 Å². The monoisotopic (exact) mass is 456 g/mol. The lowest BCUT2D eigenvalue weighted by Gasteiger charge is -2.12. The molecule has 0 aliphatic heterocycles. The second kappa shape index (κ2) is 7.93. The average molecular weight is 456 g/mol. The van der Waals surface area contributed by atoms with Crippen molar-refractivity contribution in [2.24, 2.45) is 5.73 Å². The number of halogens is 1. The molecule has 2 aromatic carbocycles. The molecule has 2 amide bonds. The number of fused-ring (bicyclic) bond motifs is 2. The number of hydrogen-bond donors (Lipinski definition) is 3. The summed E-state index contributed by atoms with van der Waals surface area (Å²) in [4.78, 5) is 36.1. The van der Waals surface area contributed by atoms with Crippen LogP contribution in [-0.4, -0.2) is 36.6 Å². The van der Waals surface area contributed by atoms with E-state index in [1.807, 2.05) is 0 Å². The van der Waals surface area contributed by atoms with Crippen LogP contribution < -0.4 is 11.1 Å². The molecule has 0 unspecified atom stereocenters. The number of primary amides is 1. The quantitative estimate of drug-likeness (QED) is 0.369. The highest BCUT2D eigenvalue weighted by Gasteiger charge is 2.20. The molecular weight excluding hydrogens is 439 g/mol. The van der Waals surface area contributed by atoms with Gasteiger partial charge in [0, 0.05) is 12.4 Å². The van der Waals surface area contributed by atoms with Crippen LogP contribution in [0.25, 0.3) is 38.8 Å². The number of nitrogens with zero attached hydrogens (tertiary/aromatic N) is 4. The van der Waals surface area contributed by atoms with Crippen LogP contribution in [-0.2, 0) is 0 Å². The molecule has 5 rings (SSSR count). The Bertz CT molecular complexity index is 1620. The first-order valence-corrected chi connectivity index (χ1v) is 10.2. The number of nitrogens with one attached hydrogen (secondary N) is 1. The Morgan fingerprint density at radius 2 is 1.85 bits per heavy atom. The SMILES string of the molecule is Cc1nc2c(C(N)=O)cc(-c3ccnc(NC(=O)O)c3)cc2n1-c1ccnc2cccc(F)c12. The summed E-state index contributed by atoms with van der Waals surface area (Å²) in [7, 11) is 0. The minimum Gasteiger partial charge on any atom is -0.465 e. The van der Waals surface area contributed by atoms with Gasteiger partial charge in [-0.15, -0.1) is 0 Å². The van der Waals surface area contributed by atoms with Crippen molar-refractivity contribution >= 4 is 39.8 Å². The van der Waals surface area contributed by atoms with E-state index in [9.17, 15) is 14.0 Å². The maximum atomic E-state index is 14.9. The van der Waals surface area contributed by atoms with E-state index in [2.05, 4.69) is 20.3 Å². The number of aromatic nitrogens is 4. The molecule has 5 aromatic rings. The average Bonchev–Trinajstić information content (AvgIpc) is 3.13. The van der Waals surface area contributed by atoms with Gasteiger partial charge in [-0.2, -0.15) is 0 Å². The van der Waals surface area contributed by atoms with Crippen molar-refractivity contribution in [2.75, 3.05) is 5.32 Å². The number of carbonyl (C=O) groups excluding carboxylic acids is 1. The van der Waals surface area contributed by atoms with Gasteiger partial charge in [0.25, 0.3) is 5.91 Å². The third-order valence-corrected chi connectivity index (χ3v) is 5.46. The Labute approximate surface area is 191 Å². The summed E-state index contributed by atoms with van der Waals surface area (Å²) in [6.07, 6.45) is 1.77. The van der Waals surface area contributed by atoms with Crippen molar-refractivity contribution in [1.82, 2.24) is 19.5 Å². The number of anilines is 1. The van der Waals surface area contributed by atoms with E-state index in [0.717, 1.165) is 0 Å². The number of amides is 2. The third-order valence-electron chi connectivity index (χ3n) is 5.46. The zero-order chi connectivity index (χ0) is 24.0. The number of pyridine rings is 2. The van der Waals surface area contributed by atoms with Gasteiger partial charge in [-0.3, -0.25) is 19.7 Å². The van der Waals surface area contributed by atoms with Crippen molar-refractivity contribution in [2.45, 2.75) is 6.92 Å². The molecular formula is C24H17FN6O3. The lowest BCUT2D eigenvalue weighted by atomic mass is 10.0. The Kier molecular flexibility index (Phi) is 4.90. The minimum absolute atomic E-state index is 0.123. The van der Waals surface area contributed by atoms with Gasteiger partial charge in [-0.05, 0) is 60.5 Å². The Morgan fingerprint density at radius 1 is 1.06 bits per heavy atom. The molecule has 0 radical (unpaired) electrons. The molecule has 4 N–H and O–H groups in total. The van der Waals surface area contributed by atoms with Gasteiger partial charge >= 0.3 is 6.09 Å². The molecule has 3 heterocycles. The highest BCUT2D eigenvalue weighted by Crippen LogP contribution is 2.33. The zero-order valence-electron chi connectivity index (χ0n) is 17.8.